The Balaban J connectivity index is 2.56. The van der Waals surface area contributed by atoms with Gasteiger partial charge in [-0.05, 0) is 24.2 Å². The van der Waals surface area contributed by atoms with Crippen molar-refractivity contribution in [1.29, 1.82) is 0 Å². The second kappa shape index (κ2) is 4.52. The third-order valence-corrected chi connectivity index (χ3v) is 1.96. The molecule has 0 bridgehead atoms. The summed E-state index contributed by atoms with van der Waals surface area (Å²) in [6.45, 7) is 4.08. The second-order valence-corrected chi connectivity index (χ2v) is 3.33. The van der Waals surface area contributed by atoms with Crippen molar-refractivity contribution in [2.75, 3.05) is 6.54 Å². The lowest BCUT2D eigenvalue weighted by atomic mass is 10.2. The lowest BCUT2D eigenvalue weighted by molar-refractivity contribution is 0.726. The van der Waals surface area contributed by atoms with Crippen molar-refractivity contribution >= 4 is 15.9 Å². The SMILES string of the molecule is CCNCc1cccc(Br)c1. The molecule has 0 aromatic heterocycles. The van der Waals surface area contributed by atoms with Gasteiger partial charge in [0.25, 0.3) is 0 Å². The Morgan fingerprint density at radius 3 is 2.91 bits per heavy atom. The van der Waals surface area contributed by atoms with E-state index in [1.54, 1.807) is 0 Å². The van der Waals surface area contributed by atoms with Crippen LogP contribution in [0.1, 0.15) is 12.5 Å². The Bertz CT molecular complexity index is 223. The summed E-state index contributed by atoms with van der Waals surface area (Å²) in [6, 6.07) is 8.34. The van der Waals surface area contributed by atoms with Crippen LogP contribution < -0.4 is 5.32 Å². The van der Waals surface area contributed by atoms with Gasteiger partial charge in [0, 0.05) is 11.0 Å². The third-order valence-electron chi connectivity index (χ3n) is 1.47. The first-order valence-corrected chi connectivity index (χ1v) is 4.57. The maximum absolute atomic E-state index is 3.43. The minimum atomic E-state index is 0.954. The molecule has 11 heavy (non-hydrogen) atoms. The molecule has 60 valence electrons. The summed E-state index contributed by atoms with van der Waals surface area (Å²) in [7, 11) is 0. The molecule has 0 radical (unpaired) electrons. The fourth-order valence-corrected chi connectivity index (χ4v) is 1.36. The van der Waals surface area contributed by atoms with Gasteiger partial charge in [-0.1, -0.05) is 35.0 Å². The van der Waals surface area contributed by atoms with Crippen LogP contribution >= 0.6 is 15.9 Å². The van der Waals surface area contributed by atoms with Gasteiger partial charge in [0.1, 0.15) is 0 Å². The molecule has 1 aromatic rings. The highest BCUT2D eigenvalue weighted by Gasteiger charge is 1.90. The van der Waals surface area contributed by atoms with Crippen LogP contribution in [0, 0.1) is 0 Å². The summed E-state index contributed by atoms with van der Waals surface area (Å²) in [6.07, 6.45) is 0. The van der Waals surface area contributed by atoms with Crippen LogP contribution in [0.25, 0.3) is 0 Å². The Kier molecular flexibility index (Phi) is 3.60. The van der Waals surface area contributed by atoms with Crippen molar-refractivity contribution in [3.63, 3.8) is 0 Å². The molecule has 0 spiro atoms. The smallest absolute Gasteiger partial charge is 0.0205 e. The van der Waals surface area contributed by atoms with E-state index in [4.69, 9.17) is 0 Å². The predicted molar refractivity (Wildman–Crippen MR) is 51.5 cm³/mol. The average Bonchev–Trinajstić information content (AvgIpc) is 2.01. The summed E-state index contributed by atoms with van der Waals surface area (Å²) < 4.78 is 1.15. The highest BCUT2D eigenvalue weighted by atomic mass is 79.9. The van der Waals surface area contributed by atoms with Crippen molar-refractivity contribution in [1.82, 2.24) is 5.32 Å². The van der Waals surface area contributed by atoms with E-state index >= 15 is 0 Å². The monoisotopic (exact) mass is 213 g/mol. The Morgan fingerprint density at radius 2 is 2.27 bits per heavy atom. The van der Waals surface area contributed by atoms with Crippen molar-refractivity contribution in [2.45, 2.75) is 13.5 Å². The van der Waals surface area contributed by atoms with E-state index < -0.39 is 0 Å². The first-order valence-electron chi connectivity index (χ1n) is 3.78. The summed E-state index contributed by atoms with van der Waals surface area (Å²) in [5, 5.41) is 3.27. The highest BCUT2D eigenvalue weighted by Crippen LogP contribution is 2.10. The van der Waals surface area contributed by atoms with Crippen LogP contribution in [-0.2, 0) is 6.54 Å². The Hall–Kier alpha value is -0.340. The van der Waals surface area contributed by atoms with Gasteiger partial charge in [-0.2, -0.15) is 0 Å². The van der Waals surface area contributed by atoms with Crippen molar-refractivity contribution < 1.29 is 0 Å². The Morgan fingerprint density at radius 1 is 1.45 bits per heavy atom. The molecular weight excluding hydrogens is 202 g/mol. The highest BCUT2D eigenvalue weighted by molar-refractivity contribution is 9.10. The molecule has 0 saturated heterocycles. The van der Waals surface area contributed by atoms with Gasteiger partial charge in [0.15, 0.2) is 0 Å². The van der Waals surface area contributed by atoms with Crippen molar-refractivity contribution in [3.05, 3.63) is 34.3 Å². The lowest BCUT2D eigenvalue weighted by Crippen LogP contribution is -2.11. The molecule has 2 heteroatoms. The third kappa shape index (κ3) is 3.04. The number of rotatable bonds is 3. The number of nitrogens with one attached hydrogen (secondary N) is 1. The van der Waals surface area contributed by atoms with Crippen molar-refractivity contribution in [3.8, 4) is 0 Å². The molecule has 0 aliphatic rings. The average molecular weight is 214 g/mol. The van der Waals surface area contributed by atoms with Gasteiger partial charge in [0.2, 0.25) is 0 Å². The number of hydrogen-bond acceptors (Lipinski definition) is 1. The van der Waals surface area contributed by atoms with Gasteiger partial charge in [-0.15, -0.1) is 0 Å². The van der Waals surface area contributed by atoms with E-state index in [0.29, 0.717) is 0 Å². The zero-order valence-corrected chi connectivity index (χ0v) is 8.19. The largest absolute Gasteiger partial charge is 0.313 e. The predicted octanol–water partition coefficient (Wildman–Crippen LogP) is 2.56. The van der Waals surface area contributed by atoms with Gasteiger partial charge in [0.05, 0.1) is 0 Å². The van der Waals surface area contributed by atoms with E-state index in [1.807, 2.05) is 6.07 Å². The molecule has 0 aliphatic heterocycles. The maximum atomic E-state index is 3.43. The lowest BCUT2D eigenvalue weighted by Gasteiger charge is -2.01. The van der Waals surface area contributed by atoms with Gasteiger partial charge in [-0.25, -0.2) is 0 Å². The standard InChI is InChI=1S/C9H12BrN/c1-2-11-7-8-4-3-5-9(10)6-8/h3-6,11H,2,7H2,1H3. The van der Waals surface area contributed by atoms with Crippen LogP contribution in [0.5, 0.6) is 0 Å². The van der Waals surface area contributed by atoms with Gasteiger partial charge < -0.3 is 5.32 Å². The summed E-state index contributed by atoms with van der Waals surface area (Å²) in [5.74, 6) is 0. The number of hydrogen-bond donors (Lipinski definition) is 1. The fraction of sp³-hybridized carbons (Fsp3) is 0.333. The van der Waals surface area contributed by atoms with E-state index in [2.05, 4.69) is 46.4 Å². The van der Waals surface area contributed by atoms with Crippen molar-refractivity contribution in [2.24, 2.45) is 0 Å². The molecule has 0 amide bonds. The minimum absolute atomic E-state index is 0.954. The van der Waals surface area contributed by atoms with E-state index in [1.165, 1.54) is 5.56 Å². The topological polar surface area (TPSA) is 12.0 Å². The zero-order valence-electron chi connectivity index (χ0n) is 6.60. The summed E-state index contributed by atoms with van der Waals surface area (Å²) >= 11 is 3.43. The minimum Gasteiger partial charge on any atom is -0.313 e. The summed E-state index contributed by atoms with van der Waals surface area (Å²) in [4.78, 5) is 0. The van der Waals surface area contributed by atoms with Crippen LogP contribution in [0.2, 0.25) is 0 Å². The van der Waals surface area contributed by atoms with E-state index in [0.717, 1.165) is 17.6 Å². The molecule has 0 fully saturated rings. The first kappa shape index (κ1) is 8.75. The quantitative estimate of drug-likeness (QED) is 0.815. The molecule has 0 atom stereocenters. The molecule has 1 aromatic carbocycles. The normalized spacial score (nSPS) is 10.0. The maximum Gasteiger partial charge on any atom is 0.0205 e. The first-order chi connectivity index (χ1) is 5.33. The molecule has 0 heterocycles. The van der Waals surface area contributed by atoms with Gasteiger partial charge >= 0.3 is 0 Å². The number of benzene rings is 1. The number of halogens is 1. The molecule has 0 saturated carbocycles. The van der Waals surface area contributed by atoms with Crippen LogP contribution in [0.4, 0.5) is 0 Å². The van der Waals surface area contributed by atoms with Crippen LogP contribution in [0.15, 0.2) is 28.7 Å². The van der Waals surface area contributed by atoms with Crippen LogP contribution in [-0.4, -0.2) is 6.54 Å². The zero-order chi connectivity index (χ0) is 8.10. The van der Waals surface area contributed by atoms with Crippen LogP contribution in [0.3, 0.4) is 0 Å². The Labute approximate surface area is 75.9 Å². The van der Waals surface area contributed by atoms with E-state index in [-0.39, 0.29) is 0 Å². The molecule has 1 rings (SSSR count). The molecule has 0 unspecified atom stereocenters. The molecular formula is C9H12BrN. The fourth-order valence-electron chi connectivity index (χ4n) is 0.916. The second-order valence-electron chi connectivity index (χ2n) is 2.41. The molecule has 1 N–H and O–H groups in total. The van der Waals surface area contributed by atoms with E-state index in [9.17, 15) is 0 Å². The molecule has 1 nitrogen and oxygen atoms in total. The summed E-state index contributed by atoms with van der Waals surface area (Å²) in [5.41, 5.74) is 1.32. The molecule has 0 aliphatic carbocycles. The van der Waals surface area contributed by atoms with Gasteiger partial charge in [-0.3, -0.25) is 0 Å².